The van der Waals surface area contributed by atoms with Crippen molar-refractivity contribution in [3.63, 3.8) is 0 Å². The lowest BCUT2D eigenvalue weighted by Gasteiger charge is -2.15. The molecule has 0 saturated heterocycles. The molecule has 0 bridgehead atoms. The van der Waals surface area contributed by atoms with Crippen LogP contribution in [0, 0.1) is 5.82 Å². The van der Waals surface area contributed by atoms with Crippen LogP contribution in [0.2, 0.25) is 0 Å². The van der Waals surface area contributed by atoms with Crippen molar-refractivity contribution in [2.75, 3.05) is 11.1 Å². The van der Waals surface area contributed by atoms with E-state index < -0.39 is 5.82 Å². The third-order valence-corrected chi connectivity index (χ3v) is 2.96. The maximum atomic E-state index is 13.5. The Morgan fingerprint density at radius 1 is 1.44 bits per heavy atom. The van der Waals surface area contributed by atoms with Gasteiger partial charge in [-0.15, -0.1) is 0 Å². The van der Waals surface area contributed by atoms with Gasteiger partial charge in [0.15, 0.2) is 11.6 Å². The van der Waals surface area contributed by atoms with E-state index in [-0.39, 0.29) is 17.8 Å². The number of nitrogens with zero attached hydrogens (tertiary/aromatic N) is 2. The summed E-state index contributed by atoms with van der Waals surface area (Å²) in [4.78, 5) is 7.41. The van der Waals surface area contributed by atoms with Crippen LogP contribution in [0.1, 0.15) is 18.5 Å². The van der Waals surface area contributed by atoms with Crippen molar-refractivity contribution >= 4 is 27.7 Å². The molecule has 0 fully saturated rings. The molecule has 2 aromatic rings. The number of nitrogens with two attached hydrogens (primary N) is 1. The van der Waals surface area contributed by atoms with E-state index in [9.17, 15) is 4.39 Å². The first kappa shape index (κ1) is 12.8. The largest absolute Gasteiger partial charge is 0.368 e. The van der Waals surface area contributed by atoms with Gasteiger partial charge in [-0.2, -0.15) is 4.98 Å². The number of anilines is 2. The van der Waals surface area contributed by atoms with Gasteiger partial charge in [0.25, 0.3) is 0 Å². The van der Waals surface area contributed by atoms with Gasteiger partial charge in [0, 0.05) is 4.47 Å². The normalized spacial score (nSPS) is 12.2. The Bertz CT molecular complexity index is 562. The predicted octanol–water partition coefficient (Wildman–Crippen LogP) is 3.13. The second-order valence-corrected chi connectivity index (χ2v) is 4.76. The number of nitrogen functional groups attached to an aromatic ring is 1. The van der Waals surface area contributed by atoms with Gasteiger partial charge >= 0.3 is 0 Å². The van der Waals surface area contributed by atoms with Crippen LogP contribution in [0.25, 0.3) is 0 Å². The standard InChI is InChI=1S/C12H12BrFN4/c1-7(8-3-2-4-9(13)5-8)17-11-10(14)6-16-12(15)18-11/h2-7H,1H3,(H3,15,16,17,18). The van der Waals surface area contributed by atoms with E-state index in [2.05, 4.69) is 31.2 Å². The molecule has 1 aromatic carbocycles. The molecule has 4 nitrogen and oxygen atoms in total. The fraction of sp³-hybridized carbons (Fsp3) is 0.167. The molecule has 3 N–H and O–H groups in total. The van der Waals surface area contributed by atoms with Crippen LogP contribution < -0.4 is 11.1 Å². The maximum Gasteiger partial charge on any atom is 0.222 e. The zero-order chi connectivity index (χ0) is 13.1. The van der Waals surface area contributed by atoms with Crippen molar-refractivity contribution in [1.29, 1.82) is 0 Å². The van der Waals surface area contributed by atoms with Crippen LogP contribution in [0.15, 0.2) is 34.9 Å². The summed E-state index contributed by atoms with van der Waals surface area (Å²) in [5.41, 5.74) is 6.44. The average Bonchev–Trinajstić information content (AvgIpc) is 2.34. The van der Waals surface area contributed by atoms with Crippen LogP contribution in [-0.4, -0.2) is 9.97 Å². The van der Waals surface area contributed by atoms with Crippen molar-refractivity contribution in [2.45, 2.75) is 13.0 Å². The molecular weight excluding hydrogens is 299 g/mol. The third kappa shape index (κ3) is 2.95. The molecule has 0 aliphatic rings. The van der Waals surface area contributed by atoms with Crippen molar-refractivity contribution < 1.29 is 4.39 Å². The van der Waals surface area contributed by atoms with Crippen LogP contribution in [0.4, 0.5) is 16.2 Å². The summed E-state index contributed by atoms with van der Waals surface area (Å²) in [5.74, 6) is -0.374. The Balaban J connectivity index is 2.21. The summed E-state index contributed by atoms with van der Waals surface area (Å²) in [6.07, 6.45) is 1.05. The van der Waals surface area contributed by atoms with E-state index in [0.717, 1.165) is 16.2 Å². The topological polar surface area (TPSA) is 63.8 Å². The van der Waals surface area contributed by atoms with Crippen LogP contribution >= 0.6 is 15.9 Å². The average molecular weight is 311 g/mol. The molecule has 0 aliphatic carbocycles. The molecule has 0 saturated carbocycles. The SMILES string of the molecule is CC(Nc1nc(N)ncc1F)c1cccc(Br)c1. The molecule has 1 heterocycles. The van der Waals surface area contributed by atoms with E-state index in [1.807, 2.05) is 31.2 Å². The van der Waals surface area contributed by atoms with Gasteiger partial charge < -0.3 is 11.1 Å². The van der Waals surface area contributed by atoms with E-state index >= 15 is 0 Å². The molecule has 1 aromatic heterocycles. The number of hydrogen-bond acceptors (Lipinski definition) is 4. The summed E-state index contributed by atoms with van der Waals surface area (Å²) < 4.78 is 14.4. The van der Waals surface area contributed by atoms with Crippen molar-refractivity contribution in [3.8, 4) is 0 Å². The van der Waals surface area contributed by atoms with E-state index in [4.69, 9.17) is 5.73 Å². The lowest BCUT2D eigenvalue weighted by molar-refractivity contribution is 0.614. The Morgan fingerprint density at radius 2 is 2.22 bits per heavy atom. The van der Waals surface area contributed by atoms with Gasteiger partial charge in [-0.05, 0) is 24.6 Å². The molecule has 0 radical (unpaired) electrons. The van der Waals surface area contributed by atoms with Crippen LogP contribution in [0.5, 0.6) is 0 Å². The fourth-order valence-corrected chi connectivity index (χ4v) is 1.96. The molecule has 94 valence electrons. The lowest BCUT2D eigenvalue weighted by Crippen LogP contribution is -2.11. The van der Waals surface area contributed by atoms with Gasteiger partial charge in [-0.25, -0.2) is 9.37 Å². The number of hydrogen-bond donors (Lipinski definition) is 2. The first-order chi connectivity index (χ1) is 8.56. The molecule has 0 spiro atoms. The van der Waals surface area contributed by atoms with E-state index in [0.29, 0.717) is 0 Å². The molecule has 1 atom stereocenters. The maximum absolute atomic E-state index is 13.5. The minimum atomic E-state index is -0.522. The predicted molar refractivity (Wildman–Crippen MR) is 72.6 cm³/mol. The van der Waals surface area contributed by atoms with Crippen molar-refractivity contribution in [1.82, 2.24) is 9.97 Å². The molecule has 0 amide bonds. The minimum absolute atomic E-state index is 0.0420. The second kappa shape index (κ2) is 5.30. The van der Waals surface area contributed by atoms with Crippen molar-refractivity contribution in [2.24, 2.45) is 0 Å². The summed E-state index contributed by atoms with van der Waals surface area (Å²) in [6, 6.07) is 7.67. The highest BCUT2D eigenvalue weighted by atomic mass is 79.9. The number of rotatable bonds is 3. The Hall–Kier alpha value is -1.69. The fourth-order valence-electron chi connectivity index (χ4n) is 1.55. The second-order valence-electron chi connectivity index (χ2n) is 3.85. The highest BCUT2D eigenvalue weighted by molar-refractivity contribution is 9.10. The molecule has 1 unspecified atom stereocenters. The first-order valence-corrected chi connectivity index (χ1v) is 6.15. The van der Waals surface area contributed by atoms with Gasteiger partial charge in [-0.3, -0.25) is 0 Å². The number of aromatic nitrogens is 2. The molecule has 0 aliphatic heterocycles. The van der Waals surface area contributed by atoms with Gasteiger partial charge in [0.05, 0.1) is 12.2 Å². The Kier molecular flexibility index (Phi) is 3.76. The van der Waals surface area contributed by atoms with Gasteiger partial charge in [0.2, 0.25) is 5.95 Å². The third-order valence-electron chi connectivity index (χ3n) is 2.46. The number of halogens is 2. The van der Waals surface area contributed by atoms with Crippen LogP contribution in [0.3, 0.4) is 0 Å². The molecule has 18 heavy (non-hydrogen) atoms. The number of benzene rings is 1. The summed E-state index contributed by atoms with van der Waals surface area (Å²) in [6.45, 7) is 1.92. The van der Waals surface area contributed by atoms with Gasteiger partial charge in [-0.1, -0.05) is 28.1 Å². The highest BCUT2D eigenvalue weighted by Crippen LogP contribution is 2.22. The monoisotopic (exact) mass is 310 g/mol. The van der Waals surface area contributed by atoms with Crippen LogP contribution in [-0.2, 0) is 0 Å². The zero-order valence-corrected chi connectivity index (χ0v) is 11.3. The molecular formula is C12H12BrFN4. The molecule has 6 heteroatoms. The van der Waals surface area contributed by atoms with E-state index in [1.54, 1.807) is 0 Å². The number of nitrogens with one attached hydrogen (secondary N) is 1. The van der Waals surface area contributed by atoms with Gasteiger partial charge in [0.1, 0.15) is 0 Å². The highest BCUT2D eigenvalue weighted by Gasteiger charge is 2.10. The van der Waals surface area contributed by atoms with Crippen molar-refractivity contribution in [3.05, 3.63) is 46.3 Å². The Morgan fingerprint density at radius 3 is 2.94 bits per heavy atom. The minimum Gasteiger partial charge on any atom is -0.368 e. The molecule has 2 rings (SSSR count). The Labute approximate surface area is 113 Å². The lowest BCUT2D eigenvalue weighted by atomic mass is 10.1. The smallest absolute Gasteiger partial charge is 0.222 e. The summed E-state index contributed by atoms with van der Waals surface area (Å²) in [7, 11) is 0. The summed E-state index contributed by atoms with van der Waals surface area (Å²) in [5, 5.41) is 2.97. The summed E-state index contributed by atoms with van der Waals surface area (Å²) >= 11 is 3.39. The zero-order valence-electron chi connectivity index (χ0n) is 9.69. The first-order valence-electron chi connectivity index (χ1n) is 5.36. The quantitative estimate of drug-likeness (QED) is 0.914. The van der Waals surface area contributed by atoms with E-state index in [1.165, 1.54) is 0 Å².